The molecule has 0 aromatic heterocycles. The average Bonchev–Trinajstić information content (AvgIpc) is 2.84. The predicted molar refractivity (Wildman–Crippen MR) is 63.6 cm³/mol. The van der Waals surface area contributed by atoms with Crippen LogP contribution < -0.4 is 4.74 Å². The lowest BCUT2D eigenvalue weighted by Gasteiger charge is -2.27. The summed E-state index contributed by atoms with van der Waals surface area (Å²) in [5.41, 5.74) is 1.09. The third-order valence-electron chi connectivity index (χ3n) is 3.25. The standard InChI is InChI=1S/C13H19NO2/c1-16-13-7-3-2-6-11(13)12(10-15)14-8-4-5-9-14/h2-3,6-7,12,15H,4-5,8-10H2,1H3/t12-/m0/s1. The van der Waals surface area contributed by atoms with Crippen molar-refractivity contribution in [1.82, 2.24) is 4.90 Å². The van der Waals surface area contributed by atoms with Crippen molar-refractivity contribution in [2.24, 2.45) is 0 Å². The van der Waals surface area contributed by atoms with E-state index in [9.17, 15) is 5.11 Å². The molecular formula is C13H19NO2. The van der Waals surface area contributed by atoms with Gasteiger partial charge in [-0.2, -0.15) is 0 Å². The molecule has 1 heterocycles. The number of rotatable bonds is 4. The molecule has 0 unspecified atom stereocenters. The van der Waals surface area contributed by atoms with Gasteiger partial charge < -0.3 is 9.84 Å². The van der Waals surface area contributed by atoms with Gasteiger partial charge >= 0.3 is 0 Å². The van der Waals surface area contributed by atoms with Gasteiger partial charge in [-0.05, 0) is 32.0 Å². The second-order valence-corrected chi connectivity index (χ2v) is 4.18. The highest BCUT2D eigenvalue weighted by atomic mass is 16.5. The van der Waals surface area contributed by atoms with Crippen molar-refractivity contribution in [2.45, 2.75) is 18.9 Å². The fourth-order valence-corrected chi connectivity index (χ4v) is 2.41. The fraction of sp³-hybridized carbons (Fsp3) is 0.538. The van der Waals surface area contributed by atoms with Crippen LogP contribution in [-0.4, -0.2) is 36.8 Å². The summed E-state index contributed by atoms with van der Waals surface area (Å²) in [6.07, 6.45) is 2.46. The van der Waals surface area contributed by atoms with Crippen molar-refractivity contribution < 1.29 is 9.84 Å². The Morgan fingerprint density at radius 2 is 2.00 bits per heavy atom. The van der Waals surface area contributed by atoms with Crippen LogP contribution in [0.1, 0.15) is 24.4 Å². The summed E-state index contributed by atoms with van der Waals surface area (Å²) in [5.74, 6) is 0.869. The van der Waals surface area contributed by atoms with Gasteiger partial charge in [0, 0.05) is 5.56 Å². The molecule has 1 aromatic rings. The Labute approximate surface area is 96.6 Å². The first-order chi connectivity index (χ1) is 7.86. The topological polar surface area (TPSA) is 32.7 Å². The van der Waals surface area contributed by atoms with Crippen molar-refractivity contribution in [3.63, 3.8) is 0 Å². The number of methoxy groups -OCH3 is 1. The molecule has 3 nitrogen and oxygen atoms in total. The number of hydrogen-bond acceptors (Lipinski definition) is 3. The van der Waals surface area contributed by atoms with E-state index in [1.54, 1.807) is 7.11 Å². The third-order valence-corrected chi connectivity index (χ3v) is 3.25. The molecule has 16 heavy (non-hydrogen) atoms. The number of aliphatic hydroxyl groups is 1. The van der Waals surface area contributed by atoms with Gasteiger partial charge in [-0.25, -0.2) is 0 Å². The Kier molecular flexibility index (Phi) is 3.80. The Bertz CT molecular complexity index is 334. The lowest BCUT2D eigenvalue weighted by atomic mass is 10.1. The van der Waals surface area contributed by atoms with Crippen LogP contribution in [-0.2, 0) is 0 Å². The average molecular weight is 221 g/mol. The molecule has 1 N–H and O–H groups in total. The van der Waals surface area contributed by atoms with Crippen LogP contribution in [0.2, 0.25) is 0 Å². The van der Waals surface area contributed by atoms with E-state index in [0.29, 0.717) is 0 Å². The van der Waals surface area contributed by atoms with Crippen LogP contribution in [0.5, 0.6) is 5.75 Å². The fourth-order valence-electron chi connectivity index (χ4n) is 2.41. The minimum Gasteiger partial charge on any atom is -0.496 e. The lowest BCUT2D eigenvalue weighted by Crippen LogP contribution is -2.28. The molecule has 0 bridgehead atoms. The smallest absolute Gasteiger partial charge is 0.123 e. The van der Waals surface area contributed by atoms with Gasteiger partial charge in [0.15, 0.2) is 0 Å². The summed E-state index contributed by atoms with van der Waals surface area (Å²) in [4.78, 5) is 2.33. The molecule has 88 valence electrons. The molecule has 1 atom stereocenters. The van der Waals surface area contributed by atoms with E-state index in [-0.39, 0.29) is 12.6 Å². The van der Waals surface area contributed by atoms with Crippen LogP contribution in [0.3, 0.4) is 0 Å². The molecule has 1 saturated heterocycles. The highest BCUT2D eigenvalue weighted by Crippen LogP contribution is 2.30. The van der Waals surface area contributed by atoms with Gasteiger partial charge in [-0.1, -0.05) is 18.2 Å². The molecule has 0 saturated carbocycles. The van der Waals surface area contributed by atoms with E-state index in [0.717, 1.165) is 24.4 Å². The summed E-state index contributed by atoms with van der Waals surface area (Å²) in [6.45, 7) is 2.30. The van der Waals surface area contributed by atoms with Gasteiger partial charge in [0.1, 0.15) is 5.75 Å². The van der Waals surface area contributed by atoms with Crippen LogP contribution >= 0.6 is 0 Å². The first-order valence-corrected chi connectivity index (χ1v) is 5.84. The van der Waals surface area contributed by atoms with E-state index in [2.05, 4.69) is 4.90 Å². The van der Waals surface area contributed by atoms with E-state index in [4.69, 9.17) is 4.74 Å². The van der Waals surface area contributed by atoms with Crippen molar-refractivity contribution in [2.75, 3.05) is 26.8 Å². The van der Waals surface area contributed by atoms with Gasteiger partial charge in [0.2, 0.25) is 0 Å². The monoisotopic (exact) mass is 221 g/mol. The van der Waals surface area contributed by atoms with Gasteiger partial charge in [-0.3, -0.25) is 4.90 Å². The molecule has 0 aliphatic carbocycles. The predicted octanol–water partition coefficient (Wildman–Crippen LogP) is 1.82. The normalized spacial score (nSPS) is 18.6. The maximum atomic E-state index is 9.56. The Hall–Kier alpha value is -1.06. The zero-order valence-electron chi connectivity index (χ0n) is 9.72. The number of ether oxygens (including phenoxy) is 1. The van der Waals surface area contributed by atoms with Crippen LogP contribution in [0.25, 0.3) is 0 Å². The van der Waals surface area contributed by atoms with E-state index < -0.39 is 0 Å². The summed E-state index contributed by atoms with van der Waals surface area (Å²) in [5, 5.41) is 9.56. The molecule has 3 heteroatoms. The first kappa shape index (κ1) is 11.4. The first-order valence-electron chi connectivity index (χ1n) is 5.84. The van der Waals surface area contributed by atoms with Crippen molar-refractivity contribution in [3.05, 3.63) is 29.8 Å². The van der Waals surface area contributed by atoms with Crippen molar-refractivity contribution in [1.29, 1.82) is 0 Å². The SMILES string of the molecule is COc1ccccc1[C@H](CO)N1CCCC1. The molecule has 1 aromatic carbocycles. The van der Waals surface area contributed by atoms with Crippen LogP contribution in [0.4, 0.5) is 0 Å². The number of nitrogens with zero attached hydrogens (tertiary/aromatic N) is 1. The lowest BCUT2D eigenvalue weighted by molar-refractivity contribution is 0.144. The molecule has 1 aliphatic heterocycles. The summed E-state index contributed by atoms with van der Waals surface area (Å²) >= 11 is 0. The minimum atomic E-state index is 0.0821. The van der Waals surface area contributed by atoms with Crippen molar-refractivity contribution >= 4 is 0 Å². The van der Waals surface area contributed by atoms with Crippen molar-refractivity contribution in [3.8, 4) is 5.75 Å². The number of hydrogen-bond donors (Lipinski definition) is 1. The quantitative estimate of drug-likeness (QED) is 0.842. The number of benzene rings is 1. The number of likely N-dealkylation sites (tertiary alicyclic amines) is 1. The van der Waals surface area contributed by atoms with Gasteiger partial charge in [-0.15, -0.1) is 0 Å². The van der Waals surface area contributed by atoms with Gasteiger partial charge in [0.25, 0.3) is 0 Å². The second-order valence-electron chi connectivity index (χ2n) is 4.18. The second kappa shape index (κ2) is 5.32. The third kappa shape index (κ3) is 2.20. The molecule has 0 amide bonds. The number of para-hydroxylation sites is 1. The highest BCUT2D eigenvalue weighted by Gasteiger charge is 2.24. The zero-order chi connectivity index (χ0) is 11.4. The minimum absolute atomic E-state index is 0.0821. The Morgan fingerprint density at radius 1 is 1.31 bits per heavy atom. The summed E-state index contributed by atoms with van der Waals surface area (Å²) in [6, 6.07) is 8.03. The van der Waals surface area contributed by atoms with Crippen LogP contribution in [0.15, 0.2) is 24.3 Å². The number of aliphatic hydroxyl groups excluding tert-OH is 1. The highest BCUT2D eigenvalue weighted by molar-refractivity contribution is 5.36. The maximum Gasteiger partial charge on any atom is 0.123 e. The van der Waals surface area contributed by atoms with Crippen LogP contribution in [0, 0.1) is 0 Å². The summed E-state index contributed by atoms with van der Waals surface area (Å²) in [7, 11) is 1.68. The van der Waals surface area contributed by atoms with E-state index >= 15 is 0 Å². The zero-order valence-corrected chi connectivity index (χ0v) is 9.72. The van der Waals surface area contributed by atoms with E-state index in [1.807, 2.05) is 24.3 Å². The molecule has 0 spiro atoms. The summed E-state index contributed by atoms with van der Waals surface area (Å²) < 4.78 is 5.35. The van der Waals surface area contributed by atoms with E-state index in [1.165, 1.54) is 12.8 Å². The van der Waals surface area contributed by atoms with Gasteiger partial charge in [0.05, 0.1) is 19.8 Å². The largest absolute Gasteiger partial charge is 0.496 e. The Balaban J connectivity index is 2.24. The molecule has 1 fully saturated rings. The molecule has 0 radical (unpaired) electrons. The molecule has 2 rings (SSSR count). The maximum absolute atomic E-state index is 9.56. The molecule has 1 aliphatic rings. The Morgan fingerprint density at radius 3 is 2.62 bits per heavy atom. The molecular weight excluding hydrogens is 202 g/mol.